The smallest absolute Gasteiger partial charge is 0.274 e. The van der Waals surface area contributed by atoms with Gasteiger partial charge in [0.2, 0.25) is 0 Å². The van der Waals surface area contributed by atoms with Gasteiger partial charge in [0.15, 0.2) is 10.7 Å². The second kappa shape index (κ2) is 8.18. The van der Waals surface area contributed by atoms with Crippen molar-refractivity contribution in [2.45, 2.75) is 38.3 Å². The standard InChI is InChI=1S/C21H26N4O2S2/c26-19(17-4-3-12-28-17)15-5-9-23(10-6-15)14-16-18(20(27)24-7-1-2-8-24)22-21-25(16)11-13-29-21/h3-4,11-13,15,19,26H,1-2,5-10,14H2. The summed E-state index contributed by atoms with van der Waals surface area (Å²) in [6.45, 7) is 4.28. The Bertz CT molecular complexity index is 966. The number of likely N-dealkylation sites (tertiary alicyclic amines) is 2. The quantitative estimate of drug-likeness (QED) is 0.671. The van der Waals surface area contributed by atoms with Crippen molar-refractivity contribution in [3.05, 3.63) is 45.4 Å². The molecule has 8 heteroatoms. The lowest BCUT2D eigenvalue weighted by Gasteiger charge is -2.34. The fourth-order valence-electron chi connectivity index (χ4n) is 4.56. The molecule has 29 heavy (non-hydrogen) atoms. The van der Waals surface area contributed by atoms with Crippen LogP contribution in [-0.4, -0.2) is 56.4 Å². The number of thiophene rings is 1. The van der Waals surface area contributed by atoms with Gasteiger partial charge >= 0.3 is 0 Å². The zero-order chi connectivity index (χ0) is 19.8. The van der Waals surface area contributed by atoms with Crippen molar-refractivity contribution < 1.29 is 9.90 Å². The van der Waals surface area contributed by atoms with Gasteiger partial charge in [0, 0.05) is 36.1 Å². The Morgan fingerprint density at radius 2 is 1.97 bits per heavy atom. The average molecular weight is 431 g/mol. The van der Waals surface area contributed by atoms with E-state index < -0.39 is 0 Å². The molecule has 3 aromatic rings. The number of hydrogen-bond acceptors (Lipinski definition) is 6. The lowest BCUT2D eigenvalue weighted by molar-refractivity contribution is 0.0584. The van der Waals surface area contributed by atoms with Gasteiger partial charge in [-0.05, 0) is 56.1 Å². The van der Waals surface area contributed by atoms with E-state index in [9.17, 15) is 9.90 Å². The summed E-state index contributed by atoms with van der Waals surface area (Å²) in [4.78, 5) is 24.0. The van der Waals surface area contributed by atoms with Crippen molar-refractivity contribution in [2.75, 3.05) is 26.2 Å². The Morgan fingerprint density at radius 3 is 2.69 bits per heavy atom. The molecule has 0 spiro atoms. The van der Waals surface area contributed by atoms with E-state index in [0.29, 0.717) is 11.6 Å². The first-order chi connectivity index (χ1) is 14.2. The second-order valence-electron chi connectivity index (χ2n) is 8.04. The van der Waals surface area contributed by atoms with Crippen molar-refractivity contribution >= 4 is 33.5 Å². The fraction of sp³-hybridized carbons (Fsp3) is 0.524. The summed E-state index contributed by atoms with van der Waals surface area (Å²) in [6.07, 6.45) is 5.78. The lowest BCUT2D eigenvalue weighted by atomic mass is 9.90. The van der Waals surface area contributed by atoms with Crippen LogP contribution < -0.4 is 0 Å². The first kappa shape index (κ1) is 19.2. The van der Waals surface area contributed by atoms with Crippen molar-refractivity contribution in [1.29, 1.82) is 0 Å². The number of rotatable bonds is 5. The largest absolute Gasteiger partial charge is 0.387 e. The molecule has 2 aliphatic heterocycles. The molecule has 1 unspecified atom stereocenters. The predicted octanol–water partition coefficient (Wildman–Crippen LogP) is 3.64. The maximum atomic E-state index is 13.1. The minimum Gasteiger partial charge on any atom is -0.387 e. The number of aliphatic hydroxyl groups excluding tert-OH is 1. The SMILES string of the molecule is O=C(c1nc2sccn2c1CN1CCC(C(O)c2cccs2)CC1)N1CCCC1. The minimum atomic E-state index is -0.358. The Balaban J connectivity index is 1.30. The van der Waals surface area contributed by atoms with Crippen LogP contribution in [0.25, 0.3) is 4.96 Å². The van der Waals surface area contributed by atoms with E-state index in [2.05, 4.69) is 14.3 Å². The number of carbonyl (C=O) groups is 1. The topological polar surface area (TPSA) is 61.1 Å². The molecule has 1 amide bonds. The number of amides is 1. The van der Waals surface area contributed by atoms with Crippen molar-refractivity contribution in [3.63, 3.8) is 0 Å². The third-order valence-corrected chi connectivity index (χ3v) is 7.94. The van der Waals surface area contributed by atoms with Crippen LogP contribution in [0.5, 0.6) is 0 Å². The van der Waals surface area contributed by atoms with E-state index in [-0.39, 0.29) is 12.0 Å². The van der Waals surface area contributed by atoms with E-state index in [1.54, 1.807) is 22.7 Å². The van der Waals surface area contributed by atoms with Crippen LogP contribution >= 0.6 is 22.7 Å². The second-order valence-corrected chi connectivity index (χ2v) is 9.89. The highest BCUT2D eigenvalue weighted by Crippen LogP contribution is 2.33. The van der Waals surface area contributed by atoms with E-state index in [1.807, 2.05) is 34.0 Å². The summed E-state index contributed by atoms with van der Waals surface area (Å²) in [5.41, 5.74) is 1.63. The molecule has 0 bridgehead atoms. The third-order valence-electron chi connectivity index (χ3n) is 6.24. The number of thiazole rings is 1. The molecule has 0 aromatic carbocycles. The first-order valence-electron chi connectivity index (χ1n) is 10.4. The van der Waals surface area contributed by atoms with Crippen molar-refractivity contribution in [3.8, 4) is 0 Å². The maximum absolute atomic E-state index is 13.1. The van der Waals surface area contributed by atoms with Gasteiger partial charge in [-0.1, -0.05) is 6.07 Å². The molecule has 0 saturated carbocycles. The van der Waals surface area contributed by atoms with Gasteiger partial charge < -0.3 is 10.0 Å². The molecule has 5 rings (SSSR count). The zero-order valence-corrected chi connectivity index (χ0v) is 18.0. The van der Waals surface area contributed by atoms with Crippen LogP contribution in [0.1, 0.15) is 52.8 Å². The number of piperidine rings is 1. The number of aliphatic hydroxyl groups is 1. The summed E-state index contributed by atoms with van der Waals surface area (Å²) in [5, 5.41) is 14.7. The monoisotopic (exact) mass is 430 g/mol. The molecular weight excluding hydrogens is 404 g/mol. The highest BCUT2D eigenvalue weighted by molar-refractivity contribution is 7.15. The molecule has 154 valence electrons. The van der Waals surface area contributed by atoms with Crippen molar-refractivity contribution in [1.82, 2.24) is 19.2 Å². The molecule has 5 heterocycles. The summed E-state index contributed by atoms with van der Waals surface area (Å²) >= 11 is 3.21. The maximum Gasteiger partial charge on any atom is 0.274 e. The van der Waals surface area contributed by atoms with Gasteiger partial charge in [0.1, 0.15) is 0 Å². The molecule has 0 aliphatic carbocycles. The molecule has 0 radical (unpaired) electrons. The van der Waals surface area contributed by atoms with E-state index in [1.165, 1.54) is 0 Å². The van der Waals surface area contributed by atoms with Crippen molar-refractivity contribution in [2.24, 2.45) is 5.92 Å². The number of hydrogen-bond donors (Lipinski definition) is 1. The zero-order valence-electron chi connectivity index (χ0n) is 16.4. The third kappa shape index (κ3) is 3.74. The van der Waals surface area contributed by atoms with Crippen LogP contribution in [0.15, 0.2) is 29.1 Å². The number of aromatic nitrogens is 2. The Kier molecular flexibility index (Phi) is 5.43. The van der Waals surface area contributed by atoms with Crippen LogP contribution in [0.3, 0.4) is 0 Å². The molecule has 6 nitrogen and oxygen atoms in total. The van der Waals surface area contributed by atoms with Crippen LogP contribution in [0.4, 0.5) is 0 Å². The molecule has 3 aromatic heterocycles. The normalized spacial score (nSPS) is 20.0. The fourth-order valence-corrected chi connectivity index (χ4v) is 6.09. The Morgan fingerprint density at radius 1 is 1.17 bits per heavy atom. The van der Waals surface area contributed by atoms with Gasteiger partial charge in [0.05, 0.1) is 11.8 Å². The van der Waals surface area contributed by atoms with E-state index in [0.717, 1.165) is 73.9 Å². The van der Waals surface area contributed by atoms with Gasteiger partial charge in [-0.25, -0.2) is 4.98 Å². The van der Waals surface area contributed by atoms with E-state index in [4.69, 9.17) is 0 Å². The highest BCUT2D eigenvalue weighted by Gasteiger charge is 2.30. The predicted molar refractivity (Wildman–Crippen MR) is 115 cm³/mol. The van der Waals surface area contributed by atoms with Gasteiger partial charge in [0.25, 0.3) is 5.91 Å². The van der Waals surface area contributed by atoms with Gasteiger partial charge in [-0.2, -0.15) is 0 Å². The Labute approximate surface area is 178 Å². The van der Waals surface area contributed by atoms with Gasteiger partial charge in [-0.15, -0.1) is 22.7 Å². The van der Waals surface area contributed by atoms with Crippen LogP contribution in [-0.2, 0) is 6.54 Å². The highest BCUT2D eigenvalue weighted by atomic mass is 32.1. The van der Waals surface area contributed by atoms with Gasteiger partial charge in [-0.3, -0.25) is 14.1 Å². The van der Waals surface area contributed by atoms with E-state index >= 15 is 0 Å². The molecule has 1 N–H and O–H groups in total. The van der Waals surface area contributed by atoms with Crippen LogP contribution in [0, 0.1) is 5.92 Å². The number of imidazole rings is 1. The summed E-state index contributed by atoms with van der Waals surface area (Å²) in [7, 11) is 0. The molecule has 2 fully saturated rings. The summed E-state index contributed by atoms with van der Waals surface area (Å²) < 4.78 is 2.08. The number of nitrogens with zero attached hydrogens (tertiary/aromatic N) is 4. The summed E-state index contributed by atoms with van der Waals surface area (Å²) in [6, 6.07) is 4.03. The molecule has 2 aliphatic rings. The average Bonchev–Trinajstić information content (AvgIpc) is 3.54. The number of fused-ring (bicyclic) bond motifs is 1. The molecular formula is C21H26N4O2S2. The molecule has 2 saturated heterocycles. The minimum absolute atomic E-state index is 0.0800. The lowest BCUT2D eigenvalue weighted by Crippen LogP contribution is -2.36. The van der Waals surface area contributed by atoms with Crippen LogP contribution in [0.2, 0.25) is 0 Å². The Hall–Kier alpha value is -1.74. The number of carbonyl (C=O) groups excluding carboxylic acids is 1. The molecule has 1 atom stereocenters. The summed E-state index contributed by atoms with van der Waals surface area (Å²) in [5.74, 6) is 0.388. The first-order valence-corrected chi connectivity index (χ1v) is 12.1.